The van der Waals surface area contributed by atoms with E-state index in [1.54, 1.807) is 14.2 Å². The van der Waals surface area contributed by atoms with Gasteiger partial charge in [-0.3, -0.25) is 4.90 Å². The highest BCUT2D eigenvalue weighted by molar-refractivity contribution is 4.67. The minimum absolute atomic E-state index is 0.517. The summed E-state index contributed by atoms with van der Waals surface area (Å²) in [5.74, 6) is 0. The Morgan fingerprint density at radius 2 is 1.67 bits per heavy atom. The molecule has 0 aliphatic heterocycles. The van der Waals surface area contributed by atoms with Crippen LogP contribution in [0.3, 0.4) is 0 Å². The number of nitrogens with zero attached hydrogens (tertiary/aromatic N) is 1. The Hall–Kier alpha value is -0.160. The summed E-state index contributed by atoms with van der Waals surface area (Å²) in [7, 11) is 3.48. The molecule has 15 heavy (non-hydrogen) atoms. The average Bonchev–Trinajstić information content (AvgIpc) is 2.22. The summed E-state index contributed by atoms with van der Waals surface area (Å²) in [6, 6.07) is 0.517. The second-order valence-corrected chi connectivity index (χ2v) is 3.74. The van der Waals surface area contributed by atoms with Gasteiger partial charge >= 0.3 is 0 Å². The lowest BCUT2D eigenvalue weighted by Gasteiger charge is -2.25. The maximum atomic E-state index is 5.09. The molecule has 0 heterocycles. The molecule has 92 valence electrons. The Morgan fingerprint density at radius 3 is 2.07 bits per heavy atom. The molecule has 0 fully saturated rings. The van der Waals surface area contributed by atoms with E-state index in [0.717, 1.165) is 39.4 Å². The quantitative estimate of drug-likeness (QED) is 0.581. The summed E-state index contributed by atoms with van der Waals surface area (Å²) in [5, 5.41) is 3.41. The average molecular weight is 218 g/mol. The summed E-state index contributed by atoms with van der Waals surface area (Å²) < 4.78 is 10.2. The third-order valence-corrected chi connectivity index (χ3v) is 2.31. The normalized spacial score (nSPS) is 13.4. The monoisotopic (exact) mass is 218 g/mol. The van der Waals surface area contributed by atoms with Crippen LogP contribution in [0.25, 0.3) is 0 Å². The van der Waals surface area contributed by atoms with E-state index in [1.807, 2.05) is 0 Å². The van der Waals surface area contributed by atoms with E-state index >= 15 is 0 Å². The molecule has 1 unspecified atom stereocenters. The lowest BCUT2D eigenvalue weighted by molar-refractivity contribution is 0.109. The van der Waals surface area contributed by atoms with E-state index in [1.165, 1.54) is 0 Å². The third-order valence-electron chi connectivity index (χ3n) is 2.31. The molecule has 0 bridgehead atoms. The Labute approximate surface area is 93.9 Å². The van der Waals surface area contributed by atoms with Crippen LogP contribution in [0.15, 0.2) is 0 Å². The van der Waals surface area contributed by atoms with Crippen LogP contribution in [0.1, 0.15) is 13.8 Å². The predicted octanol–water partition coefficient (Wildman–Crippen LogP) is 0.579. The van der Waals surface area contributed by atoms with Crippen molar-refractivity contribution in [3.05, 3.63) is 0 Å². The maximum absolute atomic E-state index is 5.09. The second kappa shape index (κ2) is 10.4. The lowest BCUT2D eigenvalue weighted by Crippen LogP contribution is -2.41. The number of ether oxygens (including phenoxy) is 2. The molecule has 4 heteroatoms. The maximum Gasteiger partial charge on any atom is 0.0589 e. The first-order chi connectivity index (χ1) is 7.24. The highest BCUT2D eigenvalue weighted by Crippen LogP contribution is 1.93. The molecule has 0 aliphatic rings. The zero-order valence-corrected chi connectivity index (χ0v) is 10.6. The van der Waals surface area contributed by atoms with Crippen LogP contribution in [0.5, 0.6) is 0 Å². The van der Waals surface area contributed by atoms with Gasteiger partial charge in [-0.15, -0.1) is 0 Å². The molecule has 0 aromatic rings. The highest BCUT2D eigenvalue weighted by Gasteiger charge is 2.08. The molecular weight excluding hydrogens is 192 g/mol. The molecule has 1 N–H and O–H groups in total. The van der Waals surface area contributed by atoms with Gasteiger partial charge < -0.3 is 14.8 Å². The molecule has 0 amide bonds. The summed E-state index contributed by atoms with van der Waals surface area (Å²) in [6.45, 7) is 9.89. The molecule has 0 radical (unpaired) electrons. The van der Waals surface area contributed by atoms with Gasteiger partial charge in [-0.1, -0.05) is 6.92 Å². The lowest BCUT2D eigenvalue weighted by atomic mass is 10.3. The molecule has 0 aromatic heterocycles. The van der Waals surface area contributed by atoms with E-state index in [0.29, 0.717) is 6.04 Å². The molecule has 0 saturated carbocycles. The van der Waals surface area contributed by atoms with Crippen molar-refractivity contribution in [2.45, 2.75) is 19.9 Å². The second-order valence-electron chi connectivity index (χ2n) is 3.74. The van der Waals surface area contributed by atoms with Crippen LogP contribution in [0.4, 0.5) is 0 Å². The smallest absolute Gasteiger partial charge is 0.0589 e. The van der Waals surface area contributed by atoms with Gasteiger partial charge in [0, 0.05) is 39.9 Å². The predicted molar refractivity (Wildman–Crippen MR) is 63.3 cm³/mol. The number of nitrogens with one attached hydrogen (secondary N) is 1. The van der Waals surface area contributed by atoms with Crippen molar-refractivity contribution in [2.24, 2.45) is 0 Å². The van der Waals surface area contributed by atoms with Gasteiger partial charge in [0.2, 0.25) is 0 Å². The van der Waals surface area contributed by atoms with Crippen molar-refractivity contribution in [3.8, 4) is 0 Å². The summed E-state index contributed by atoms with van der Waals surface area (Å²) in [4.78, 5) is 2.36. The number of likely N-dealkylation sites (N-methyl/N-ethyl adjacent to an activating group) is 1. The van der Waals surface area contributed by atoms with Crippen LogP contribution < -0.4 is 5.32 Å². The largest absolute Gasteiger partial charge is 0.383 e. The van der Waals surface area contributed by atoms with Crippen molar-refractivity contribution < 1.29 is 9.47 Å². The van der Waals surface area contributed by atoms with E-state index in [9.17, 15) is 0 Å². The zero-order chi connectivity index (χ0) is 11.5. The molecule has 0 aromatic carbocycles. The first kappa shape index (κ1) is 14.8. The third kappa shape index (κ3) is 8.81. The fourth-order valence-corrected chi connectivity index (χ4v) is 1.54. The Bertz CT molecular complexity index is 126. The van der Waals surface area contributed by atoms with E-state index in [2.05, 4.69) is 24.1 Å². The number of rotatable bonds is 10. The van der Waals surface area contributed by atoms with Crippen LogP contribution >= 0.6 is 0 Å². The summed E-state index contributed by atoms with van der Waals surface area (Å²) in [6.07, 6.45) is 0. The van der Waals surface area contributed by atoms with Gasteiger partial charge in [0.25, 0.3) is 0 Å². The first-order valence-electron chi connectivity index (χ1n) is 5.68. The van der Waals surface area contributed by atoms with Gasteiger partial charge in [-0.2, -0.15) is 0 Å². The Kier molecular flexibility index (Phi) is 10.3. The number of hydrogen-bond acceptors (Lipinski definition) is 4. The molecule has 0 aliphatic carbocycles. The van der Waals surface area contributed by atoms with Crippen molar-refractivity contribution in [1.29, 1.82) is 0 Å². The molecular formula is C11H26N2O2. The van der Waals surface area contributed by atoms with Crippen LogP contribution in [-0.2, 0) is 9.47 Å². The van der Waals surface area contributed by atoms with Crippen molar-refractivity contribution in [3.63, 3.8) is 0 Å². The number of hydrogen-bond donors (Lipinski definition) is 1. The minimum Gasteiger partial charge on any atom is -0.383 e. The fraction of sp³-hybridized carbons (Fsp3) is 1.00. The topological polar surface area (TPSA) is 33.7 Å². The van der Waals surface area contributed by atoms with Gasteiger partial charge in [0.05, 0.1) is 13.2 Å². The Morgan fingerprint density at radius 1 is 1.13 bits per heavy atom. The summed E-state index contributed by atoms with van der Waals surface area (Å²) >= 11 is 0. The first-order valence-corrected chi connectivity index (χ1v) is 5.68. The minimum atomic E-state index is 0.517. The van der Waals surface area contributed by atoms with Gasteiger partial charge in [-0.25, -0.2) is 0 Å². The van der Waals surface area contributed by atoms with Crippen molar-refractivity contribution in [1.82, 2.24) is 10.2 Å². The van der Waals surface area contributed by atoms with E-state index < -0.39 is 0 Å². The van der Waals surface area contributed by atoms with E-state index in [-0.39, 0.29) is 0 Å². The molecule has 0 saturated heterocycles. The fourth-order valence-electron chi connectivity index (χ4n) is 1.54. The molecule has 4 nitrogen and oxygen atoms in total. The van der Waals surface area contributed by atoms with Gasteiger partial charge in [-0.05, 0) is 13.5 Å². The molecule has 0 rings (SSSR count). The van der Waals surface area contributed by atoms with Gasteiger partial charge in [0.15, 0.2) is 0 Å². The van der Waals surface area contributed by atoms with Crippen LogP contribution in [0.2, 0.25) is 0 Å². The highest BCUT2D eigenvalue weighted by atomic mass is 16.5. The zero-order valence-electron chi connectivity index (χ0n) is 10.6. The molecule has 0 spiro atoms. The van der Waals surface area contributed by atoms with Crippen LogP contribution in [0, 0.1) is 0 Å². The van der Waals surface area contributed by atoms with Crippen molar-refractivity contribution in [2.75, 3.05) is 53.6 Å². The Balaban J connectivity index is 3.76. The summed E-state index contributed by atoms with van der Waals surface area (Å²) in [5.41, 5.74) is 0. The standard InChI is InChI=1S/C11H26N2O2/c1-5-12-11(2)10-13(6-8-14-3)7-9-15-4/h11-12H,5-10H2,1-4H3. The SMILES string of the molecule is CCNC(C)CN(CCOC)CCOC. The van der Waals surface area contributed by atoms with Gasteiger partial charge in [0.1, 0.15) is 0 Å². The number of methoxy groups -OCH3 is 2. The van der Waals surface area contributed by atoms with E-state index in [4.69, 9.17) is 9.47 Å². The molecule has 1 atom stereocenters. The van der Waals surface area contributed by atoms with Crippen LogP contribution in [-0.4, -0.2) is 64.6 Å². The van der Waals surface area contributed by atoms with Crippen molar-refractivity contribution >= 4 is 0 Å².